The molecule has 2 saturated heterocycles. The third kappa shape index (κ3) is 3.19. The number of amides is 2. The van der Waals surface area contributed by atoms with E-state index in [4.69, 9.17) is 0 Å². The van der Waals surface area contributed by atoms with E-state index >= 15 is 0 Å². The van der Waals surface area contributed by atoms with Gasteiger partial charge in [0.15, 0.2) is 0 Å². The van der Waals surface area contributed by atoms with E-state index in [1.165, 1.54) is 0 Å². The van der Waals surface area contributed by atoms with Crippen LogP contribution in [0.1, 0.15) is 37.2 Å². The van der Waals surface area contributed by atoms with Crippen LogP contribution in [0, 0.1) is 5.92 Å². The lowest BCUT2D eigenvalue weighted by atomic mass is 9.82. The highest BCUT2D eigenvalue weighted by atomic mass is 16.2. The number of hydrogen-bond donors (Lipinski definition) is 0. The van der Waals surface area contributed by atoms with E-state index in [2.05, 4.69) is 18.7 Å². The molecule has 0 bridgehead atoms. The van der Waals surface area contributed by atoms with Gasteiger partial charge in [-0.15, -0.1) is 0 Å². The monoisotopic (exact) mass is 346 g/mol. The second kappa shape index (κ2) is 6.83. The number of carbonyl (C=O) groups is 2. The van der Waals surface area contributed by atoms with Crippen LogP contribution >= 0.6 is 0 Å². The Balaban J connectivity index is 1.76. The van der Waals surface area contributed by atoms with Crippen LogP contribution in [0.2, 0.25) is 0 Å². The molecule has 6 nitrogen and oxygen atoms in total. The number of likely N-dealkylation sites (N-methyl/N-ethyl adjacent to an activating group) is 1. The molecule has 2 aliphatic heterocycles. The van der Waals surface area contributed by atoms with Gasteiger partial charge in [0.05, 0.1) is 0 Å². The maximum absolute atomic E-state index is 13.0. The van der Waals surface area contributed by atoms with Crippen LogP contribution < -0.4 is 0 Å². The molecular weight excluding hydrogens is 316 g/mol. The molecule has 0 aromatic carbocycles. The number of aryl methyl sites for hydroxylation is 1. The summed E-state index contributed by atoms with van der Waals surface area (Å²) in [7, 11) is 3.79. The van der Waals surface area contributed by atoms with E-state index in [1.807, 2.05) is 46.8 Å². The van der Waals surface area contributed by atoms with Gasteiger partial charge in [0.2, 0.25) is 5.91 Å². The lowest BCUT2D eigenvalue weighted by Crippen LogP contribution is -2.68. The first kappa shape index (κ1) is 18.0. The van der Waals surface area contributed by atoms with Crippen molar-refractivity contribution in [3.63, 3.8) is 0 Å². The van der Waals surface area contributed by atoms with E-state index in [1.54, 1.807) is 0 Å². The highest BCUT2D eigenvalue weighted by Crippen LogP contribution is 2.34. The van der Waals surface area contributed by atoms with Crippen molar-refractivity contribution in [3.8, 4) is 0 Å². The van der Waals surface area contributed by atoms with E-state index in [0.717, 1.165) is 32.5 Å². The standard InChI is InChI=1S/C19H30N4O2/c1-15(2)14-23-13-12-21(4)18(25)19(23)7-10-22(11-8-19)17(24)16-6-5-9-20(16)3/h5-6,9,15H,7-8,10-14H2,1-4H3. The minimum absolute atomic E-state index is 0.0642. The number of carbonyl (C=O) groups excluding carboxylic acids is 2. The number of nitrogens with zero attached hydrogens (tertiary/aromatic N) is 4. The third-order valence-corrected chi connectivity index (χ3v) is 5.68. The van der Waals surface area contributed by atoms with E-state index in [9.17, 15) is 9.59 Å². The molecule has 2 aliphatic rings. The number of aromatic nitrogens is 1. The lowest BCUT2D eigenvalue weighted by molar-refractivity contribution is -0.154. The highest BCUT2D eigenvalue weighted by molar-refractivity contribution is 5.93. The van der Waals surface area contributed by atoms with Crippen LogP contribution in [0.5, 0.6) is 0 Å². The summed E-state index contributed by atoms with van der Waals surface area (Å²) in [5.74, 6) is 0.816. The highest BCUT2D eigenvalue weighted by Gasteiger charge is 2.50. The van der Waals surface area contributed by atoms with Crippen molar-refractivity contribution in [2.45, 2.75) is 32.2 Å². The van der Waals surface area contributed by atoms with E-state index in [-0.39, 0.29) is 11.8 Å². The Morgan fingerprint density at radius 2 is 1.84 bits per heavy atom. The third-order valence-electron chi connectivity index (χ3n) is 5.68. The van der Waals surface area contributed by atoms with Crippen molar-refractivity contribution in [1.29, 1.82) is 0 Å². The molecule has 0 atom stereocenters. The van der Waals surface area contributed by atoms with Crippen molar-refractivity contribution in [1.82, 2.24) is 19.3 Å². The molecule has 2 fully saturated rings. The van der Waals surface area contributed by atoms with Crippen LogP contribution in [0.4, 0.5) is 0 Å². The van der Waals surface area contributed by atoms with Crippen LogP contribution in [-0.4, -0.2) is 76.4 Å². The molecule has 0 unspecified atom stereocenters. The maximum Gasteiger partial charge on any atom is 0.270 e. The lowest BCUT2D eigenvalue weighted by Gasteiger charge is -2.52. The Kier molecular flexibility index (Phi) is 4.91. The minimum atomic E-state index is -0.428. The summed E-state index contributed by atoms with van der Waals surface area (Å²) < 4.78 is 1.86. The van der Waals surface area contributed by atoms with Crippen LogP contribution in [-0.2, 0) is 11.8 Å². The Morgan fingerprint density at radius 3 is 2.40 bits per heavy atom. The van der Waals surface area contributed by atoms with Crippen LogP contribution in [0.25, 0.3) is 0 Å². The number of rotatable bonds is 3. The zero-order chi connectivity index (χ0) is 18.2. The van der Waals surface area contributed by atoms with Gasteiger partial charge in [-0.1, -0.05) is 13.8 Å². The van der Waals surface area contributed by atoms with E-state index in [0.29, 0.717) is 24.7 Å². The smallest absolute Gasteiger partial charge is 0.270 e. The molecular formula is C19H30N4O2. The Hall–Kier alpha value is -1.82. The molecule has 25 heavy (non-hydrogen) atoms. The first-order chi connectivity index (χ1) is 11.8. The van der Waals surface area contributed by atoms with Crippen molar-refractivity contribution in [3.05, 3.63) is 24.0 Å². The predicted molar refractivity (Wildman–Crippen MR) is 97.3 cm³/mol. The molecule has 1 aromatic rings. The number of hydrogen-bond acceptors (Lipinski definition) is 3. The fourth-order valence-corrected chi connectivity index (χ4v) is 4.24. The zero-order valence-electron chi connectivity index (χ0n) is 15.9. The molecule has 0 aliphatic carbocycles. The van der Waals surface area contributed by atoms with Crippen LogP contribution in [0.15, 0.2) is 18.3 Å². The summed E-state index contributed by atoms with van der Waals surface area (Å²) in [4.78, 5) is 31.9. The molecule has 2 amide bonds. The predicted octanol–water partition coefficient (Wildman–Crippen LogP) is 1.43. The summed E-state index contributed by atoms with van der Waals surface area (Å²) >= 11 is 0. The topological polar surface area (TPSA) is 48.8 Å². The molecule has 3 heterocycles. The molecule has 1 aromatic heterocycles. The summed E-state index contributed by atoms with van der Waals surface area (Å²) in [5.41, 5.74) is 0.282. The minimum Gasteiger partial charge on any atom is -0.347 e. The van der Waals surface area contributed by atoms with Gasteiger partial charge in [-0.2, -0.15) is 0 Å². The molecule has 0 saturated carbocycles. The first-order valence-corrected chi connectivity index (χ1v) is 9.26. The molecule has 0 N–H and O–H groups in total. The molecule has 138 valence electrons. The fourth-order valence-electron chi connectivity index (χ4n) is 4.24. The van der Waals surface area contributed by atoms with Crippen molar-refractivity contribution >= 4 is 11.8 Å². The summed E-state index contributed by atoms with van der Waals surface area (Å²) in [6.45, 7) is 8.32. The average Bonchev–Trinajstić information content (AvgIpc) is 3.01. The van der Waals surface area contributed by atoms with Gasteiger partial charge >= 0.3 is 0 Å². The summed E-state index contributed by atoms with van der Waals surface area (Å²) in [6, 6.07) is 3.75. The van der Waals surface area contributed by atoms with Crippen molar-refractivity contribution < 1.29 is 9.59 Å². The maximum atomic E-state index is 13.0. The van der Waals surface area contributed by atoms with Gasteiger partial charge in [-0.3, -0.25) is 14.5 Å². The second-order valence-corrected chi connectivity index (χ2v) is 7.89. The van der Waals surface area contributed by atoms with Gasteiger partial charge in [0.1, 0.15) is 11.2 Å². The summed E-state index contributed by atoms with van der Waals surface area (Å²) in [6.07, 6.45) is 3.33. The van der Waals surface area contributed by atoms with Gasteiger partial charge in [0, 0.05) is 53.0 Å². The van der Waals surface area contributed by atoms with Crippen molar-refractivity contribution in [2.24, 2.45) is 13.0 Å². The second-order valence-electron chi connectivity index (χ2n) is 7.89. The van der Waals surface area contributed by atoms with Gasteiger partial charge in [0.25, 0.3) is 5.91 Å². The SMILES string of the molecule is CC(C)CN1CCN(C)C(=O)C12CCN(C(=O)c1cccn1C)CC2. The Morgan fingerprint density at radius 1 is 1.16 bits per heavy atom. The van der Waals surface area contributed by atoms with E-state index < -0.39 is 5.54 Å². The largest absolute Gasteiger partial charge is 0.347 e. The van der Waals surface area contributed by atoms with Gasteiger partial charge in [-0.25, -0.2) is 0 Å². The fraction of sp³-hybridized carbons (Fsp3) is 0.684. The Labute approximate surface area is 150 Å². The Bertz CT molecular complexity index is 644. The molecule has 6 heteroatoms. The summed E-state index contributed by atoms with van der Waals surface area (Å²) in [5, 5.41) is 0. The number of piperidine rings is 1. The van der Waals surface area contributed by atoms with Crippen LogP contribution in [0.3, 0.4) is 0 Å². The normalized spacial score (nSPS) is 21.4. The quantitative estimate of drug-likeness (QED) is 0.832. The van der Waals surface area contributed by atoms with Gasteiger partial charge < -0.3 is 14.4 Å². The molecule has 3 rings (SSSR count). The average molecular weight is 346 g/mol. The van der Waals surface area contributed by atoms with Gasteiger partial charge in [-0.05, 0) is 30.9 Å². The first-order valence-electron chi connectivity index (χ1n) is 9.26. The molecule has 0 radical (unpaired) electrons. The molecule has 1 spiro atoms. The number of piperazine rings is 1. The van der Waals surface area contributed by atoms with Crippen molar-refractivity contribution in [2.75, 3.05) is 39.8 Å². The number of likely N-dealkylation sites (tertiary alicyclic amines) is 1. The zero-order valence-corrected chi connectivity index (χ0v) is 15.9.